The first-order valence-electron chi connectivity index (χ1n) is 5.97. The standard InChI is InChI=1S/C13H19ClN2O/c1-17-7-6-16(12-4-5-12)9-10-2-3-11(14)8-13(10)15/h2-3,8,12H,4-7,9,15H2,1H3. The van der Waals surface area contributed by atoms with E-state index in [0.717, 1.165) is 30.9 Å². The van der Waals surface area contributed by atoms with E-state index in [9.17, 15) is 0 Å². The van der Waals surface area contributed by atoms with E-state index in [-0.39, 0.29) is 0 Å². The van der Waals surface area contributed by atoms with Gasteiger partial charge in [-0.05, 0) is 30.5 Å². The van der Waals surface area contributed by atoms with E-state index in [0.29, 0.717) is 11.1 Å². The lowest BCUT2D eigenvalue weighted by Gasteiger charge is -2.22. The van der Waals surface area contributed by atoms with Crippen molar-refractivity contribution in [2.45, 2.75) is 25.4 Å². The first-order chi connectivity index (χ1) is 8.20. The van der Waals surface area contributed by atoms with Crippen LogP contribution in [-0.4, -0.2) is 31.2 Å². The number of benzene rings is 1. The average Bonchev–Trinajstić information content (AvgIpc) is 3.11. The van der Waals surface area contributed by atoms with Crippen molar-refractivity contribution in [2.24, 2.45) is 0 Å². The van der Waals surface area contributed by atoms with Crippen LogP contribution >= 0.6 is 11.6 Å². The van der Waals surface area contributed by atoms with Gasteiger partial charge in [0.25, 0.3) is 0 Å². The van der Waals surface area contributed by atoms with Crippen molar-refractivity contribution in [3.8, 4) is 0 Å². The Morgan fingerprint density at radius 2 is 2.24 bits per heavy atom. The van der Waals surface area contributed by atoms with Gasteiger partial charge in [-0.25, -0.2) is 0 Å². The lowest BCUT2D eigenvalue weighted by Crippen LogP contribution is -2.29. The van der Waals surface area contributed by atoms with Crippen LogP contribution in [0.5, 0.6) is 0 Å². The normalized spacial score (nSPS) is 15.5. The summed E-state index contributed by atoms with van der Waals surface area (Å²) in [7, 11) is 1.74. The van der Waals surface area contributed by atoms with Gasteiger partial charge in [-0.2, -0.15) is 0 Å². The minimum atomic E-state index is 0.695. The minimum absolute atomic E-state index is 0.695. The monoisotopic (exact) mass is 254 g/mol. The highest BCUT2D eigenvalue weighted by molar-refractivity contribution is 6.30. The number of rotatable bonds is 6. The predicted molar refractivity (Wildman–Crippen MR) is 71.2 cm³/mol. The second kappa shape index (κ2) is 5.71. The highest BCUT2D eigenvalue weighted by Gasteiger charge is 2.28. The Morgan fingerprint density at radius 1 is 1.47 bits per heavy atom. The van der Waals surface area contributed by atoms with Gasteiger partial charge in [-0.15, -0.1) is 0 Å². The van der Waals surface area contributed by atoms with E-state index >= 15 is 0 Å². The van der Waals surface area contributed by atoms with Crippen LogP contribution in [0.4, 0.5) is 5.69 Å². The van der Waals surface area contributed by atoms with Crippen LogP contribution in [0.15, 0.2) is 18.2 Å². The Kier molecular flexibility index (Phi) is 4.26. The molecule has 0 heterocycles. The van der Waals surface area contributed by atoms with Gasteiger partial charge in [-0.1, -0.05) is 17.7 Å². The van der Waals surface area contributed by atoms with Crippen LogP contribution in [0, 0.1) is 0 Å². The summed E-state index contributed by atoms with van der Waals surface area (Å²) in [6, 6.07) is 6.44. The molecule has 1 saturated carbocycles. The molecule has 0 saturated heterocycles. The number of anilines is 1. The van der Waals surface area contributed by atoms with E-state index in [1.54, 1.807) is 7.11 Å². The number of hydrogen-bond donors (Lipinski definition) is 1. The molecule has 0 aromatic heterocycles. The molecule has 0 radical (unpaired) electrons. The summed E-state index contributed by atoms with van der Waals surface area (Å²) in [4.78, 5) is 2.43. The van der Waals surface area contributed by atoms with E-state index in [4.69, 9.17) is 22.1 Å². The largest absolute Gasteiger partial charge is 0.398 e. The Balaban J connectivity index is 2.00. The molecule has 0 aliphatic heterocycles. The van der Waals surface area contributed by atoms with Crippen LogP contribution in [0.2, 0.25) is 5.02 Å². The molecule has 2 rings (SSSR count). The highest BCUT2D eigenvalue weighted by atomic mass is 35.5. The second-order valence-corrected chi connectivity index (χ2v) is 4.97. The van der Waals surface area contributed by atoms with Gasteiger partial charge < -0.3 is 10.5 Å². The fourth-order valence-electron chi connectivity index (χ4n) is 1.97. The topological polar surface area (TPSA) is 38.5 Å². The maximum absolute atomic E-state index is 5.98. The van der Waals surface area contributed by atoms with Crippen molar-refractivity contribution in [1.82, 2.24) is 4.90 Å². The maximum Gasteiger partial charge on any atom is 0.0589 e. The van der Waals surface area contributed by atoms with Crippen molar-refractivity contribution in [3.05, 3.63) is 28.8 Å². The first kappa shape index (κ1) is 12.7. The zero-order valence-electron chi connectivity index (χ0n) is 10.2. The summed E-state index contributed by atoms with van der Waals surface area (Å²) >= 11 is 5.90. The van der Waals surface area contributed by atoms with E-state index < -0.39 is 0 Å². The number of nitrogen functional groups attached to an aromatic ring is 1. The molecule has 1 aromatic rings. The maximum atomic E-state index is 5.98. The smallest absolute Gasteiger partial charge is 0.0589 e. The second-order valence-electron chi connectivity index (χ2n) is 4.54. The SMILES string of the molecule is COCCN(Cc1ccc(Cl)cc1N)C1CC1. The quantitative estimate of drug-likeness (QED) is 0.793. The third kappa shape index (κ3) is 3.60. The Hall–Kier alpha value is -0.770. The summed E-state index contributed by atoms with van der Waals surface area (Å²) in [5.74, 6) is 0. The summed E-state index contributed by atoms with van der Waals surface area (Å²) in [6.07, 6.45) is 2.58. The van der Waals surface area contributed by atoms with E-state index in [2.05, 4.69) is 4.90 Å². The lowest BCUT2D eigenvalue weighted by atomic mass is 10.1. The molecule has 0 spiro atoms. The summed E-state index contributed by atoms with van der Waals surface area (Å²) < 4.78 is 5.14. The van der Waals surface area contributed by atoms with Gasteiger partial charge in [-0.3, -0.25) is 4.90 Å². The number of nitrogens with zero attached hydrogens (tertiary/aromatic N) is 1. The third-order valence-electron chi connectivity index (χ3n) is 3.13. The minimum Gasteiger partial charge on any atom is -0.398 e. The molecule has 0 amide bonds. The number of nitrogens with two attached hydrogens (primary N) is 1. The predicted octanol–water partition coefficient (Wildman–Crippen LogP) is 2.53. The molecule has 3 nitrogen and oxygen atoms in total. The summed E-state index contributed by atoms with van der Waals surface area (Å²) in [5.41, 5.74) is 7.91. The van der Waals surface area contributed by atoms with Crippen molar-refractivity contribution in [1.29, 1.82) is 0 Å². The molecule has 1 aliphatic carbocycles. The molecule has 2 N–H and O–H groups in total. The van der Waals surface area contributed by atoms with Crippen LogP contribution < -0.4 is 5.73 Å². The number of hydrogen-bond acceptors (Lipinski definition) is 3. The van der Waals surface area contributed by atoms with Gasteiger partial charge in [0, 0.05) is 37.0 Å². The van der Waals surface area contributed by atoms with E-state index in [1.165, 1.54) is 12.8 Å². The van der Waals surface area contributed by atoms with Gasteiger partial charge in [0.05, 0.1) is 6.61 Å². The fourth-order valence-corrected chi connectivity index (χ4v) is 2.15. The molecule has 4 heteroatoms. The van der Waals surface area contributed by atoms with Gasteiger partial charge in [0.1, 0.15) is 0 Å². The Morgan fingerprint density at radius 3 is 2.82 bits per heavy atom. The van der Waals surface area contributed by atoms with Gasteiger partial charge >= 0.3 is 0 Å². The van der Waals surface area contributed by atoms with Crippen LogP contribution in [0.3, 0.4) is 0 Å². The average molecular weight is 255 g/mol. The first-order valence-corrected chi connectivity index (χ1v) is 6.35. The molecule has 1 aliphatic rings. The molecule has 17 heavy (non-hydrogen) atoms. The van der Waals surface area contributed by atoms with Crippen LogP contribution in [0.1, 0.15) is 18.4 Å². The fraction of sp³-hybridized carbons (Fsp3) is 0.538. The Labute approximate surface area is 107 Å². The van der Waals surface area contributed by atoms with Crippen molar-refractivity contribution in [3.63, 3.8) is 0 Å². The molecule has 1 fully saturated rings. The van der Waals surface area contributed by atoms with E-state index in [1.807, 2.05) is 18.2 Å². The molecular weight excluding hydrogens is 236 g/mol. The zero-order valence-corrected chi connectivity index (χ0v) is 10.9. The van der Waals surface area contributed by atoms with Crippen LogP contribution in [0.25, 0.3) is 0 Å². The number of ether oxygens (including phenoxy) is 1. The van der Waals surface area contributed by atoms with Gasteiger partial charge in [0.2, 0.25) is 0 Å². The Bertz CT molecular complexity index is 380. The van der Waals surface area contributed by atoms with Crippen molar-refractivity contribution < 1.29 is 4.74 Å². The molecule has 0 unspecified atom stereocenters. The van der Waals surface area contributed by atoms with Crippen molar-refractivity contribution >= 4 is 17.3 Å². The van der Waals surface area contributed by atoms with Crippen LogP contribution in [-0.2, 0) is 11.3 Å². The van der Waals surface area contributed by atoms with Gasteiger partial charge in [0.15, 0.2) is 0 Å². The third-order valence-corrected chi connectivity index (χ3v) is 3.36. The molecular formula is C13H19ClN2O. The molecule has 0 atom stereocenters. The lowest BCUT2D eigenvalue weighted by molar-refractivity contribution is 0.140. The van der Waals surface area contributed by atoms with Crippen molar-refractivity contribution in [2.75, 3.05) is 26.0 Å². The summed E-state index contributed by atoms with van der Waals surface area (Å²) in [5, 5.41) is 0.695. The molecule has 1 aromatic carbocycles. The number of methoxy groups -OCH3 is 1. The highest BCUT2D eigenvalue weighted by Crippen LogP contribution is 2.29. The zero-order chi connectivity index (χ0) is 12.3. The number of halogens is 1. The molecule has 0 bridgehead atoms. The molecule has 94 valence electrons. The summed E-state index contributed by atoms with van der Waals surface area (Å²) in [6.45, 7) is 2.62.